The summed E-state index contributed by atoms with van der Waals surface area (Å²) in [6, 6.07) is 27.5. The van der Waals surface area contributed by atoms with E-state index in [-0.39, 0.29) is 0 Å². The Bertz CT molecular complexity index is 934. The van der Waals surface area contributed by atoms with Gasteiger partial charge in [-0.1, -0.05) is 60.7 Å². The van der Waals surface area contributed by atoms with Gasteiger partial charge >= 0.3 is 0 Å². The molecule has 122 valence electrons. The van der Waals surface area contributed by atoms with E-state index in [9.17, 15) is 0 Å². The first-order chi connectivity index (χ1) is 12.4. The minimum atomic E-state index is 0.542. The number of hydrogen-bond donors (Lipinski definition) is 0. The number of nitrogens with zero attached hydrogens (tertiary/aromatic N) is 4. The van der Waals surface area contributed by atoms with Gasteiger partial charge in [-0.05, 0) is 35.0 Å². The molecule has 0 bridgehead atoms. The molecule has 4 rings (SSSR count). The second kappa shape index (κ2) is 6.97. The third-order valence-electron chi connectivity index (χ3n) is 3.76. The zero-order chi connectivity index (χ0) is 16.9. The summed E-state index contributed by atoms with van der Waals surface area (Å²) in [5.41, 5.74) is 2.91. The zero-order valence-electron chi connectivity index (χ0n) is 13.5. The molecule has 5 heteroatoms. The Balaban J connectivity index is 1.46. The van der Waals surface area contributed by atoms with E-state index < -0.39 is 0 Å². The van der Waals surface area contributed by atoms with E-state index in [4.69, 9.17) is 4.74 Å². The summed E-state index contributed by atoms with van der Waals surface area (Å²) < 4.78 is 5.79. The molecule has 25 heavy (non-hydrogen) atoms. The van der Waals surface area contributed by atoms with Gasteiger partial charge in [0.2, 0.25) is 5.82 Å². The first-order valence-corrected chi connectivity index (χ1v) is 8.01. The maximum Gasteiger partial charge on any atom is 0.205 e. The van der Waals surface area contributed by atoms with Crippen molar-refractivity contribution < 1.29 is 4.74 Å². The van der Waals surface area contributed by atoms with Gasteiger partial charge < -0.3 is 4.74 Å². The maximum absolute atomic E-state index is 5.79. The van der Waals surface area contributed by atoms with E-state index in [1.165, 1.54) is 4.80 Å². The maximum atomic E-state index is 5.79. The molecular weight excluding hydrogens is 312 g/mol. The van der Waals surface area contributed by atoms with Gasteiger partial charge in [0.1, 0.15) is 12.4 Å². The van der Waals surface area contributed by atoms with Crippen LogP contribution in [-0.4, -0.2) is 20.2 Å². The van der Waals surface area contributed by atoms with Gasteiger partial charge in [0, 0.05) is 5.56 Å². The highest BCUT2D eigenvalue weighted by atomic mass is 16.5. The SMILES string of the molecule is c1ccc(COc2ccc(-n3nnc(-c4ccccc4)n3)cc2)cc1. The minimum absolute atomic E-state index is 0.542. The second-order valence-corrected chi connectivity index (χ2v) is 5.54. The van der Waals surface area contributed by atoms with E-state index in [1.807, 2.05) is 84.9 Å². The molecular formula is C20H16N4O. The van der Waals surface area contributed by atoms with Crippen molar-refractivity contribution in [3.63, 3.8) is 0 Å². The Kier molecular flexibility index (Phi) is 4.20. The lowest BCUT2D eigenvalue weighted by Crippen LogP contribution is -2.00. The summed E-state index contributed by atoms with van der Waals surface area (Å²) >= 11 is 0. The van der Waals surface area contributed by atoms with Crippen molar-refractivity contribution in [1.29, 1.82) is 0 Å². The molecule has 0 amide bonds. The highest BCUT2D eigenvalue weighted by molar-refractivity contribution is 5.53. The molecule has 0 fully saturated rings. The third-order valence-corrected chi connectivity index (χ3v) is 3.76. The predicted molar refractivity (Wildman–Crippen MR) is 95.4 cm³/mol. The van der Waals surface area contributed by atoms with Gasteiger partial charge in [-0.25, -0.2) is 0 Å². The van der Waals surface area contributed by atoms with Gasteiger partial charge in [0.05, 0.1) is 5.69 Å². The van der Waals surface area contributed by atoms with E-state index in [0.29, 0.717) is 12.4 Å². The van der Waals surface area contributed by atoms with Crippen LogP contribution in [0.3, 0.4) is 0 Å². The second-order valence-electron chi connectivity index (χ2n) is 5.54. The molecule has 1 aromatic heterocycles. The Morgan fingerprint density at radius 1 is 0.760 bits per heavy atom. The van der Waals surface area contributed by atoms with Crippen molar-refractivity contribution in [2.24, 2.45) is 0 Å². The standard InChI is InChI=1S/C20H16N4O/c1-3-7-16(8-4-1)15-25-19-13-11-18(12-14-19)24-22-20(21-23-24)17-9-5-2-6-10-17/h1-14H,15H2. The van der Waals surface area contributed by atoms with Crippen LogP contribution in [0.4, 0.5) is 0 Å². The molecule has 0 aliphatic carbocycles. The van der Waals surface area contributed by atoms with Crippen molar-refractivity contribution in [3.05, 3.63) is 90.5 Å². The summed E-state index contributed by atoms with van der Waals surface area (Å²) in [6.07, 6.45) is 0. The summed E-state index contributed by atoms with van der Waals surface area (Å²) in [6.45, 7) is 0.542. The normalized spacial score (nSPS) is 10.6. The van der Waals surface area contributed by atoms with Crippen molar-refractivity contribution in [3.8, 4) is 22.8 Å². The lowest BCUT2D eigenvalue weighted by atomic mass is 10.2. The number of tetrazole rings is 1. The highest BCUT2D eigenvalue weighted by Gasteiger charge is 2.07. The van der Waals surface area contributed by atoms with Crippen LogP contribution in [-0.2, 0) is 6.61 Å². The van der Waals surface area contributed by atoms with Crippen LogP contribution in [0.5, 0.6) is 5.75 Å². The summed E-state index contributed by atoms with van der Waals surface area (Å²) in [7, 11) is 0. The monoisotopic (exact) mass is 328 g/mol. The number of hydrogen-bond acceptors (Lipinski definition) is 4. The third kappa shape index (κ3) is 3.55. The predicted octanol–water partition coefficient (Wildman–Crippen LogP) is 3.91. The summed E-state index contributed by atoms with van der Waals surface area (Å²) in [5, 5.41) is 12.7. The average Bonchev–Trinajstić information content (AvgIpc) is 3.19. The molecule has 3 aromatic carbocycles. The number of aromatic nitrogens is 4. The minimum Gasteiger partial charge on any atom is -0.489 e. The molecule has 0 saturated heterocycles. The molecule has 4 aromatic rings. The Hall–Kier alpha value is -3.47. The number of ether oxygens (including phenoxy) is 1. The molecule has 0 radical (unpaired) electrons. The van der Waals surface area contributed by atoms with Crippen LogP contribution in [0.2, 0.25) is 0 Å². The van der Waals surface area contributed by atoms with Gasteiger partial charge in [-0.2, -0.15) is 0 Å². The van der Waals surface area contributed by atoms with Crippen LogP contribution < -0.4 is 4.74 Å². The van der Waals surface area contributed by atoms with Crippen LogP contribution in [0, 0.1) is 0 Å². The van der Waals surface area contributed by atoms with E-state index in [0.717, 1.165) is 22.6 Å². The van der Waals surface area contributed by atoms with Crippen molar-refractivity contribution >= 4 is 0 Å². The number of benzene rings is 3. The van der Waals surface area contributed by atoms with Gasteiger partial charge in [0.25, 0.3) is 0 Å². The van der Waals surface area contributed by atoms with E-state index in [1.54, 1.807) is 0 Å². The van der Waals surface area contributed by atoms with E-state index in [2.05, 4.69) is 15.4 Å². The summed E-state index contributed by atoms with van der Waals surface area (Å²) in [4.78, 5) is 1.52. The molecule has 0 unspecified atom stereocenters. The Morgan fingerprint density at radius 2 is 1.44 bits per heavy atom. The highest BCUT2D eigenvalue weighted by Crippen LogP contribution is 2.17. The molecule has 0 N–H and O–H groups in total. The van der Waals surface area contributed by atoms with Gasteiger partial charge in [-0.15, -0.1) is 15.0 Å². The van der Waals surface area contributed by atoms with Gasteiger partial charge in [-0.3, -0.25) is 0 Å². The van der Waals surface area contributed by atoms with Crippen molar-refractivity contribution in [1.82, 2.24) is 20.2 Å². The van der Waals surface area contributed by atoms with E-state index >= 15 is 0 Å². The first kappa shape index (κ1) is 15.1. The molecule has 1 heterocycles. The fraction of sp³-hybridized carbons (Fsp3) is 0.0500. The largest absolute Gasteiger partial charge is 0.489 e. The fourth-order valence-electron chi connectivity index (χ4n) is 2.44. The molecule has 5 nitrogen and oxygen atoms in total. The van der Waals surface area contributed by atoms with Crippen molar-refractivity contribution in [2.45, 2.75) is 6.61 Å². The Labute approximate surface area is 145 Å². The lowest BCUT2D eigenvalue weighted by molar-refractivity contribution is 0.306. The number of rotatable bonds is 5. The van der Waals surface area contributed by atoms with Crippen LogP contribution in [0.15, 0.2) is 84.9 Å². The molecule has 0 aliphatic heterocycles. The molecule has 0 aliphatic rings. The molecule has 0 atom stereocenters. The van der Waals surface area contributed by atoms with Crippen molar-refractivity contribution in [2.75, 3.05) is 0 Å². The van der Waals surface area contributed by atoms with Gasteiger partial charge in [0.15, 0.2) is 0 Å². The van der Waals surface area contributed by atoms with Crippen LogP contribution in [0.25, 0.3) is 17.1 Å². The van der Waals surface area contributed by atoms with Crippen LogP contribution in [0.1, 0.15) is 5.56 Å². The van der Waals surface area contributed by atoms with Crippen LogP contribution >= 0.6 is 0 Å². The summed E-state index contributed by atoms with van der Waals surface area (Å²) in [5.74, 6) is 1.40. The zero-order valence-corrected chi connectivity index (χ0v) is 13.5. The lowest BCUT2D eigenvalue weighted by Gasteiger charge is -2.06. The smallest absolute Gasteiger partial charge is 0.205 e. The molecule has 0 spiro atoms. The molecule has 0 saturated carbocycles. The fourth-order valence-corrected chi connectivity index (χ4v) is 2.44. The topological polar surface area (TPSA) is 52.8 Å². The average molecular weight is 328 g/mol. The Morgan fingerprint density at radius 3 is 2.16 bits per heavy atom. The first-order valence-electron chi connectivity index (χ1n) is 8.01. The quantitative estimate of drug-likeness (QED) is 0.557.